The summed E-state index contributed by atoms with van der Waals surface area (Å²) < 4.78 is 0. The molecule has 0 bridgehead atoms. The van der Waals surface area contributed by atoms with E-state index < -0.39 is 5.97 Å². The van der Waals surface area contributed by atoms with Gasteiger partial charge >= 0.3 is 5.97 Å². The molecule has 0 saturated carbocycles. The predicted molar refractivity (Wildman–Crippen MR) is 82.1 cm³/mol. The molecule has 1 amide bonds. The third-order valence-corrected chi connectivity index (χ3v) is 3.72. The van der Waals surface area contributed by atoms with Gasteiger partial charge in [-0.25, -0.2) is 4.98 Å². The number of carbonyl (C=O) groups excluding carboxylic acids is 1. The van der Waals surface area contributed by atoms with Gasteiger partial charge in [0.2, 0.25) is 0 Å². The fourth-order valence-electron chi connectivity index (χ4n) is 1.70. The molecule has 0 aliphatic heterocycles. The summed E-state index contributed by atoms with van der Waals surface area (Å²) in [5.74, 6) is -1.09. The molecule has 21 heavy (non-hydrogen) atoms. The number of nitrogens with one attached hydrogen (secondary N) is 1. The van der Waals surface area contributed by atoms with Crippen LogP contribution in [0.1, 0.15) is 28.9 Å². The maximum atomic E-state index is 12.0. The van der Waals surface area contributed by atoms with E-state index >= 15 is 0 Å². The number of aryl methyl sites for hydroxylation is 1. The average molecular weight is 325 g/mol. The van der Waals surface area contributed by atoms with Gasteiger partial charge in [-0.3, -0.25) is 14.9 Å². The van der Waals surface area contributed by atoms with Crippen LogP contribution >= 0.6 is 22.9 Å². The van der Waals surface area contributed by atoms with Gasteiger partial charge in [0, 0.05) is 22.4 Å². The summed E-state index contributed by atoms with van der Waals surface area (Å²) in [6, 6.07) is 6.65. The Hall–Kier alpha value is -1.92. The molecule has 2 aromatic rings. The molecule has 0 atom stereocenters. The number of amides is 1. The molecule has 0 aliphatic rings. The molecular weight excluding hydrogens is 312 g/mol. The van der Waals surface area contributed by atoms with Crippen LogP contribution < -0.4 is 5.32 Å². The third-order valence-electron chi connectivity index (χ3n) is 2.68. The van der Waals surface area contributed by atoms with Gasteiger partial charge in [-0.2, -0.15) is 0 Å². The first kappa shape index (κ1) is 15.5. The van der Waals surface area contributed by atoms with Gasteiger partial charge in [0.25, 0.3) is 5.91 Å². The van der Waals surface area contributed by atoms with Crippen molar-refractivity contribution >= 4 is 39.9 Å². The first-order valence-corrected chi connectivity index (χ1v) is 7.53. The molecule has 0 unspecified atom stereocenters. The molecule has 1 heterocycles. The molecule has 5 nitrogen and oxygen atoms in total. The maximum absolute atomic E-state index is 12.0. The Labute approximate surface area is 130 Å². The zero-order chi connectivity index (χ0) is 15.2. The number of hydrogen-bond donors (Lipinski definition) is 2. The predicted octanol–water partition coefficient (Wildman–Crippen LogP) is 3.46. The van der Waals surface area contributed by atoms with Crippen LogP contribution in [0.4, 0.5) is 5.13 Å². The van der Waals surface area contributed by atoms with Gasteiger partial charge in [-0.15, -0.1) is 11.3 Å². The summed E-state index contributed by atoms with van der Waals surface area (Å²) in [6.45, 7) is 0. The summed E-state index contributed by atoms with van der Waals surface area (Å²) in [5, 5.41) is 14.1. The van der Waals surface area contributed by atoms with Crippen molar-refractivity contribution in [2.45, 2.75) is 19.3 Å². The van der Waals surface area contributed by atoms with Crippen LogP contribution in [0.15, 0.2) is 29.6 Å². The number of thiazole rings is 1. The van der Waals surface area contributed by atoms with E-state index in [1.165, 1.54) is 11.3 Å². The smallest absolute Gasteiger partial charge is 0.303 e. The number of hydrogen-bond acceptors (Lipinski definition) is 4. The van der Waals surface area contributed by atoms with E-state index in [1.807, 2.05) is 5.38 Å². The molecule has 7 heteroatoms. The topological polar surface area (TPSA) is 79.3 Å². The number of halogens is 1. The first-order valence-electron chi connectivity index (χ1n) is 6.28. The lowest BCUT2D eigenvalue weighted by atomic mass is 10.2. The minimum absolute atomic E-state index is 0.113. The highest BCUT2D eigenvalue weighted by atomic mass is 35.5. The number of benzene rings is 1. The van der Waals surface area contributed by atoms with Crippen LogP contribution in [0, 0.1) is 0 Å². The van der Waals surface area contributed by atoms with Crippen molar-refractivity contribution in [1.29, 1.82) is 0 Å². The number of anilines is 1. The molecule has 0 radical (unpaired) electrons. The molecule has 2 N–H and O–H groups in total. The number of aliphatic carboxylic acids is 1. The molecule has 0 aliphatic carbocycles. The SMILES string of the molecule is O=C(O)CCCc1csc(NC(=O)c2cccc(Cl)c2)n1. The standard InChI is InChI=1S/C14H13ClN2O3S/c15-10-4-1-3-9(7-10)13(20)17-14-16-11(8-21-14)5-2-6-12(18)19/h1,3-4,7-8H,2,5-6H2,(H,18,19)(H,16,17,20). The van der Waals surface area contributed by atoms with E-state index in [0.717, 1.165) is 5.69 Å². The lowest BCUT2D eigenvalue weighted by Crippen LogP contribution is -2.11. The number of rotatable bonds is 6. The maximum Gasteiger partial charge on any atom is 0.303 e. The number of aromatic nitrogens is 1. The van der Waals surface area contributed by atoms with Crippen molar-refractivity contribution in [2.75, 3.05) is 5.32 Å². The largest absolute Gasteiger partial charge is 0.481 e. The molecule has 0 spiro atoms. The lowest BCUT2D eigenvalue weighted by Gasteiger charge is -2.01. The second-order valence-corrected chi connectivity index (χ2v) is 5.65. The van der Waals surface area contributed by atoms with Gasteiger partial charge in [0.05, 0.1) is 5.69 Å². The summed E-state index contributed by atoms with van der Waals surface area (Å²) in [4.78, 5) is 26.7. The molecule has 2 rings (SSSR count). The molecule has 0 fully saturated rings. The molecule has 1 aromatic heterocycles. The highest BCUT2D eigenvalue weighted by Gasteiger charge is 2.09. The van der Waals surface area contributed by atoms with E-state index in [4.69, 9.17) is 16.7 Å². The van der Waals surface area contributed by atoms with Crippen molar-refractivity contribution in [3.05, 3.63) is 45.9 Å². The minimum atomic E-state index is -0.820. The number of nitrogens with zero attached hydrogens (tertiary/aromatic N) is 1. The van der Waals surface area contributed by atoms with Gasteiger partial charge < -0.3 is 5.11 Å². The Morgan fingerprint density at radius 3 is 2.90 bits per heavy atom. The second-order valence-electron chi connectivity index (χ2n) is 4.36. The van der Waals surface area contributed by atoms with Crippen molar-refractivity contribution < 1.29 is 14.7 Å². The number of carboxylic acids is 1. The zero-order valence-corrected chi connectivity index (χ0v) is 12.6. The van der Waals surface area contributed by atoms with Crippen LogP contribution in [0.25, 0.3) is 0 Å². The van der Waals surface area contributed by atoms with Gasteiger partial charge in [-0.05, 0) is 31.0 Å². The van der Waals surface area contributed by atoms with Crippen LogP contribution in [-0.2, 0) is 11.2 Å². The van der Waals surface area contributed by atoms with Crippen LogP contribution in [-0.4, -0.2) is 22.0 Å². The summed E-state index contributed by atoms with van der Waals surface area (Å²) in [6.07, 6.45) is 1.22. The van der Waals surface area contributed by atoms with Crippen LogP contribution in [0.2, 0.25) is 5.02 Å². The van der Waals surface area contributed by atoms with E-state index in [1.54, 1.807) is 24.3 Å². The lowest BCUT2D eigenvalue weighted by molar-refractivity contribution is -0.137. The van der Waals surface area contributed by atoms with Gasteiger partial charge in [-0.1, -0.05) is 17.7 Å². The monoisotopic (exact) mass is 324 g/mol. The van der Waals surface area contributed by atoms with Crippen LogP contribution in [0.3, 0.4) is 0 Å². The van der Waals surface area contributed by atoms with Crippen molar-refractivity contribution in [3.8, 4) is 0 Å². The van der Waals surface area contributed by atoms with Gasteiger partial charge in [0.1, 0.15) is 0 Å². The van der Waals surface area contributed by atoms with Crippen molar-refractivity contribution in [3.63, 3.8) is 0 Å². The fraction of sp³-hybridized carbons (Fsp3) is 0.214. The van der Waals surface area contributed by atoms with Crippen molar-refractivity contribution in [1.82, 2.24) is 4.98 Å². The van der Waals surface area contributed by atoms with Crippen molar-refractivity contribution in [2.24, 2.45) is 0 Å². The molecule has 1 aromatic carbocycles. The Balaban J connectivity index is 1.93. The highest BCUT2D eigenvalue weighted by Crippen LogP contribution is 2.19. The normalized spacial score (nSPS) is 10.3. The zero-order valence-electron chi connectivity index (χ0n) is 11.0. The first-order chi connectivity index (χ1) is 10.0. The summed E-state index contributed by atoms with van der Waals surface area (Å²) in [5.41, 5.74) is 1.24. The Morgan fingerprint density at radius 2 is 2.19 bits per heavy atom. The number of carbonyl (C=O) groups is 2. The second kappa shape index (κ2) is 7.19. The molecule has 110 valence electrons. The summed E-state index contributed by atoms with van der Waals surface area (Å²) in [7, 11) is 0. The third kappa shape index (κ3) is 4.84. The number of carboxylic acid groups (broad SMARTS) is 1. The van der Waals surface area contributed by atoms with E-state index in [9.17, 15) is 9.59 Å². The average Bonchev–Trinajstić information content (AvgIpc) is 2.86. The summed E-state index contributed by atoms with van der Waals surface area (Å²) >= 11 is 7.15. The van der Waals surface area contributed by atoms with Gasteiger partial charge in [0.15, 0.2) is 5.13 Å². The van der Waals surface area contributed by atoms with E-state index in [2.05, 4.69) is 10.3 Å². The van der Waals surface area contributed by atoms with Crippen LogP contribution in [0.5, 0.6) is 0 Å². The molecule has 0 saturated heterocycles. The Morgan fingerprint density at radius 1 is 1.38 bits per heavy atom. The minimum Gasteiger partial charge on any atom is -0.481 e. The Kier molecular flexibility index (Phi) is 5.30. The van der Waals surface area contributed by atoms with E-state index in [-0.39, 0.29) is 12.3 Å². The van der Waals surface area contributed by atoms with E-state index in [0.29, 0.717) is 28.6 Å². The Bertz CT molecular complexity index is 657. The quantitative estimate of drug-likeness (QED) is 0.852. The fourth-order valence-corrected chi connectivity index (χ4v) is 2.63. The molecular formula is C14H13ClN2O3S. The highest BCUT2D eigenvalue weighted by molar-refractivity contribution is 7.13.